The standard InChI is InChI=1S/C18H28N2O/c1-4-18(2,3)14-8-10-16(11-9-14)20-17(21)13-6-5-7-15(19)12-13/h5-7,12,14,16H,4,8-11,19H2,1-3H3,(H,20,21). The van der Waals surface area contributed by atoms with Crippen LogP contribution in [-0.4, -0.2) is 11.9 Å². The Morgan fingerprint density at radius 2 is 1.95 bits per heavy atom. The molecule has 2 rings (SSSR count). The number of hydrogen-bond donors (Lipinski definition) is 2. The van der Waals surface area contributed by atoms with Crippen LogP contribution >= 0.6 is 0 Å². The van der Waals surface area contributed by atoms with Crippen LogP contribution in [0.2, 0.25) is 0 Å². The molecule has 3 heteroatoms. The average molecular weight is 288 g/mol. The summed E-state index contributed by atoms with van der Waals surface area (Å²) in [6.45, 7) is 7.00. The Kier molecular flexibility index (Phi) is 4.92. The molecule has 0 atom stereocenters. The predicted molar refractivity (Wildman–Crippen MR) is 88.1 cm³/mol. The van der Waals surface area contributed by atoms with Gasteiger partial charge in [-0.05, 0) is 55.2 Å². The van der Waals surface area contributed by atoms with Crippen molar-refractivity contribution >= 4 is 11.6 Å². The highest BCUT2D eigenvalue weighted by Crippen LogP contribution is 2.40. The number of nitrogens with one attached hydrogen (secondary N) is 1. The summed E-state index contributed by atoms with van der Waals surface area (Å²) in [7, 11) is 0. The molecule has 0 saturated heterocycles. The highest BCUT2D eigenvalue weighted by molar-refractivity contribution is 5.95. The van der Waals surface area contributed by atoms with Crippen molar-refractivity contribution in [2.75, 3.05) is 5.73 Å². The molecule has 0 radical (unpaired) electrons. The minimum absolute atomic E-state index is 0.000465. The van der Waals surface area contributed by atoms with Crippen LogP contribution in [-0.2, 0) is 0 Å². The van der Waals surface area contributed by atoms with Crippen LogP contribution in [0.3, 0.4) is 0 Å². The summed E-state index contributed by atoms with van der Waals surface area (Å²) in [5, 5.41) is 3.16. The number of carbonyl (C=O) groups excluding carboxylic acids is 1. The van der Waals surface area contributed by atoms with Gasteiger partial charge in [0.25, 0.3) is 5.91 Å². The maximum atomic E-state index is 12.2. The lowest BCUT2D eigenvalue weighted by molar-refractivity contribution is 0.0893. The second-order valence-electron chi connectivity index (χ2n) is 6.99. The van der Waals surface area contributed by atoms with E-state index in [2.05, 4.69) is 26.1 Å². The molecule has 116 valence electrons. The molecule has 1 saturated carbocycles. The maximum Gasteiger partial charge on any atom is 0.251 e. The van der Waals surface area contributed by atoms with Crippen molar-refractivity contribution in [1.29, 1.82) is 0 Å². The lowest BCUT2D eigenvalue weighted by atomic mass is 9.69. The molecule has 0 aliphatic heterocycles. The van der Waals surface area contributed by atoms with Gasteiger partial charge in [-0.1, -0.05) is 33.3 Å². The van der Waals surface area contributed by atoms with Crippen LogP contribution in [0, 0.1) is 11.3 Å². The summed E-state index contributed by atoms with van der Waals surface area (Å²) in [5.41, 5.74) is 7.44. The Morgan fingerprint density at radius 1 is 1.29 bits per heavy atom. The van der Waals surface area contributed by atoms with Gasteiger partial charge in [0.1, 0.15) is 0 Å². The zero-order valence-corrected chi connectivity index (χ0v) is 13.5. The van der Waals surface area contributed by atoms with Gasteiger partial charge in [-0.2, -0.15) is 0 Å². The van der Waals surface area contributed by atoms with Gasteiger partial charge in [0.15, 0.2) is 0 Å². The first-order valence-corrected chi connectivity index (χ1v) is 8.09. The van der Waals surface area contributed by atoms with E-state index in [0.29, 0.717) is 22.7 Å². The van der Waals surface area contributed by atoms with E-state index >= 15 is 0 Å². The summed E-state index contributed by atoms with van der Waals surface area (Å²) >= 11 is 0. The number of nitrogens with two attached hydrogens (primary N) is 1. The van der Waals surface area contributed by atoms with Crippen molar-refractivity contribution in [3.8, 4) is 0 Å². The maximum absolute atomic E-state index is 12.2. The molecule has 3 N–H and O–H groups in total. The quantitative estimate of drug-likeness (QED) is 0.823. The Labute approximate surface area is 128 Å². The molecule has 1 aromatic carbocycles. The van der Waals surface area contributed by atoms with E-state index in [0.717, 1.165) is 18.8 Å². The number of rotatable bonds is 4. The molecule has 21 heavy (non-hydrogen) atoms. The molecule has 0 heterocycles. The van der Waals surface area contributed by atoms with Crippen molar-refractivity contribution < 1.29 is 4.79 Å². The number of carbonyl (C=O) groups is 1. The molecule has 1 amide bonds. The molecule has 1 aliphatic carbocycles. The third-order valence-corrected chi connectivity index (χ3v) is 5.23. The van der Waals surface area contributed by atoms with Crippen LogP contribution in [0.4, 0.5) is 5.69 Å². The highest BCUT2D eigenvalue weighted by Gasteiger charge is 2.32. The smallest absolute Gasteiger partial charge is 0.251 e. The number of hydrogen-bond acceptors (Lipinski definition) is 2. The van der Waals surface area contributed by atoms with Gasteiger partial charge >= 0.3 is 0 Å². The van der Waals surface area contributed by atoms with Crippen molar-refractivity contribution in [3.05, 3.63) is 29.8 Å². The second-order valence-corrected chi connectivity index (χ2v) is 6.99. The molecule has 0 spiro atoms. The molecular formula is C18H28N2O. The van der Waals surface area contributed by atoms with Gasteiger partial charge in [-0.25, -0.2) is 0 Å². The summed E-state index contributed by atoms with van der Waals surface area (Å²) < 4.78 is 0. The molecule has 0 bridgehead atoms. The minimum Gasteiger partial charge on any atom is -0.399 e. The zero-order chi connectivity index (χ0) is 15.5. The largest absolute Gasteiger partial charge is 0.399 e. The first kappa shape index (κ1) is 15.9. The SMILES string of the molecule is CCC(C)(C)C1CCC(NC(=O)c2cccc(N)c2)CC1. The van der Waals surface area contributed by atoms with E-state index in [1.54, 1.807) is 12.1 Å². The number of benzene rings is 1. The fraction of sp³-hybridized carbons (Fsp3) is 0.611. The minimum atomic E-state index is 0.000465. The van der Waals surface area contributed by atoms with E-state index in [1.807, 2.05) is 12.1 Å². The van der Waals surface area contributed by atoms with Gasteiger partial charge < -0.3 is 11.1 Å². The fourth-order valence-corrected chi connectivity index (χ4v) is 3.26. The lowest BCUT2D eigenvalue weighted by Gasteiger charge is -2.39. The molecule has 1 aromatic rings. The Bertz CT molecular complexity index is 488. The van der Waals surface area contributed by atoms with Gasteiger partial charge in [-0.15, -0.1) is 0 Å². The van der Waals surface area contributed by atoms with Crippen molar-refractivity contribution in [2.24, 2.45) is 11.3 Å². The van der Waals surface area contributed by atoms with Gasteiger partial charge in [0.05, 0.1) is 0 Å². The number of anilines is 1. The van der Waals surface area contributed by atoms with Crippen molar-refractivity contribution in [1.82, 2.24) is 5.32 Å². The van der Waals surface area contributed by atoms with E-state index in [1.165, 1.54) is 19.3 Å². The molecule has 0 aromatic heterocycles. The van der Waals surface area contributed by atoms with E-state index < -0.39 is 0 Å². The van der Waals surface area contributed by atoms with Crippen LogP contribution in [0.15, 0.2) is 24.3 Å². The molecule has 1 fully saturated rings. The number of amides is 1. The summed E-state index contributed by atoms with van der Waals surface area (Å²) in [4.78, 5) is 12.2. The number of nitrogen functional groups attached to an aromatic ring is 1. The molecule has 0 unspecified atom stereocenters. The normalized spacial score (nSPS) is 22.8. The Morgan fingerprint density at radius 3 is 2.52 bits per heavy atom. The van der Waals surface area contributed by atoms with E-state index in [4.69, 9.17) is 5.73 Å². The molecule has 1 aliphatic rings. The average Bonchev–Trinajstić information content (AvgIpc) is 2.48. The van der Waals surface area contributed by atoms with Gasteiger partial charge in [0, 0.05) is 17.3 Å². The Balaban J connectivity index is 1.88. The van der Waals surface area contributed by atoms with E-state index in [-0.39, 0.29) is 5.91 Å². The fourth-order valence-electron chi connectivity index (χ4n) is 3.26. The van der Waals surface area contributed by atoms with Crippen molar-refractivity contribution in [2.45, 2.75) is 58.9 Å². The van der Waals surface area contributed by atoms with Crippen LogP contribution in [0.1, 0.15) is 63.2 Å². The summed E-state index contributed by atoms with van der Waals surface area (Å²) in [6.07, 6.45) is 5.81. The lowest BCUT2D eigenvalue weighted by Crippen LogP contribution is -2.39. The monoisotopic (exact) mass is 288 g/mol. The first-order valence-electron chi connectivity index (χ1n) is 8.09. The summed E-state index contributed by atoms with van der Waals surface area (Å²) in [6, 6.07) is 7.49. The zero-order valence-electron chi connectivity index (χ0n) is 13.5. The molecular weight excluding hydrogens is 260 g/mol. The Hall–Kier alpha value is -1.51. The first-order chi connectivity index (χ1) is 9.92. The topological polar surface area (TPSA) is 55.1 Å². The molecule has 3 nitrogen and oxygen atoms in total. The highest BCUT2D eigenvalue weighted by atomic mass is 16.1. The van der Waals surface area contributed by atoms with Crippen LogP contribution < -0.4 is 11.1 Å². The van der Waals surface area contributed by atoms with Gasteiger partial charge in [-0.3, -0.25) is 4.79 Å². The third-order valence-electron chi connectivity index (χ3n) is 5.23. The van der Waals surface area contributed by atoms with Crippen LogP contribution in [0.25, 0.3) is 0 Å². The predicted octanol–water partition coefficient (Wildman–Crippen LogP) is 3.99. The third kappa shape index (κ3) is 3.99. The van der Waals surface area contributed by atoms with Crippen LogP contribution in [0.5, 0.6) is 0 Å². The van der Waals surface area contributed by atoms with Gasteiger partial charge in [0.2, 0.25) is 0 Å². The second kappa shape index (κ2) is 6.50. The van der Waals surface area contributed by atoms with E-state index in [9.17, 15) is 4.79 Å². The summed E-state index contributed by atoms with van der Waals surface area (Å²) in [5.74, 6) is 0.781. The van der Waals surface area contributed by atoms with Crippen molar-refractivity contribution in [3.63, 3.8) is 0 Å².